The summed E-state index contributed by atoms with van der Waals surface area (Å²) in [5, 5.41) is 11.6. The fourth-order valence-electron chi connectivity index (χ4n) is 3.74. The molecule has 4 nitrogen and oxygen atoms in total. The molecule has 0 unspecified atom stereocenters. The van der Waals surface area contributed by atoms with E-state index in [0.29, 0.717) is 18.8 Å². The number of nitrogens with one attached hydrogen (secondary N) is 1. The molecule has 102 valence electrons. The molecule has 0 saturated heterocycles. The van der Waals surface area contributed by atoms with Crippen LogP contribution < -0.4 is 5.32 Å². The van der Waals surface area contributed by atoms with Crippen LogP contribution >= 0.6 is 0 Å². The molecule has 0 heterocycles. The fraction of sp³-hybridized carbons (Fsp3) is 0.857. The molecule has 0 spiro atoms. The Morgan fingerprint density at radius 3 is 2.61 bits per heavy atom. The molecule has 2 aliphatic rings. The Morgan fingerprint density at radius 2 is 2.06 bits per heavy atom. The molecule has 2 saturated carbocycles. The predicted octanol–water partition coefficient (Wildman–Crippen LogP) is 2.18. The van der Waals surface area contributed by atoms with Crippen LogP contribution in [0.3, 0.4) is 0 Å². The van der Waals surface area contributed by atoms with Crippen LogP contribution in [-0.4, -0.2) is 23.0 Å². The molecule has 2 fully saturated rings. The second-order valence-corrected chi connectivity index (χ2v) is 5.94. The minimum Gasteiger partial charge on any atom is -0.481 e. The zero-order valence-corrected chi connectivity index (χ0v) is 11.0. The predicted molar refractivity (Wildman–Crippen MR) is 68.0 cm³/mol. The minimum absolute atomic E-state index is 0.00604. The highest BCUT2D eigenvalue weighted by Crippen LogP contribution is 2.49. The van der Waals surface area contributed by atoms with Crippen LogP contribution in [0.5, 0.6) is 0 Å². The number of hydrogen-bond acceptors (Lipinski definition) is 2. The van der Waals surface area contributed by atoms with E-state index in [1.54, 1.807) is 0 Å². The summed E-state index contributed by atoms with van der Waals surface area (Å²) in [6.45, 7) is 2.10. The summed E-state index contributed by atoms with van der Waals surface area (Å²) in [7, 11) is 0. The van der Waals surface area contributed by atoms with Crippen LogP contribution in [0.25, 0.3) is 0 Å². The van der Waals surface area contributed by atoms with Crippen LogP contribution in [0, 0.1) is 17.8 Å². The second-order valence-electron chi connectivity index (χ2n) is 5.94. The van der Waals surface area contributed by atoms with Gasteiger partial charge in [0.05, 0.1) is 0 Å². The lowest BCUT2D eigenvalue weighted by atomic mass is 9.84. The van der Waals surface area contributed by atoms with Gasteiger partial charge in [-0.25, -0.2) is 0 Å². The van der Waals surface area contributed by atoms with Crippen molar-refractivity contribution >= 4 is 11.9 Å². The van der Waals surface area contributed by atoms with Crippen molar-refractivity contribution in [2.45, 2.75) is 57.9 Å². The van der Waals surface area contributed by atoms with E-state index in [9.17, 15) is 9.59 Å². The third kappa shape index (κ3) is 3.24. The average molecular weight is 253 g/mol. The van der Waals surface area contributed by atoms with E-state index in [1.165, 1.54) is 25.7 Å². The first kappa shape index (κ1) is 13.4. The fourth-order valence-corrected chi connectivity index (χ4v) is 3.74. The Bertz CT molecular complexity index is 329. The Hall–Kier alpha value is -1.06. The molecule has 4 atom stereocenters. The molecule has 1 amide bonds. The van der Waals surface area contributed by atoms with Crippen LogP contribution in [-0.2, 0) is 9.59 Å². The van der Waals surface area contributed by atoms with Gasteiger partial charge in [-0.1, -0.05) is 6.42 Å². The van der Waals surface area contributed by atoms with E-state index >= 15 is 0 Å². The summed E-state index contributed by atoms with van der Waals surface area (Å²) in [6, 6.07) is 0.248. The maximum Gasteiger partial charge on any atom is 0.303 e. The molecule has 0 aromatic rings. The Balaban J connectivity index is 1.69. The third-order valence-electron chi connectivity index (χ3n) is 4.62. The summed E-state index contributed by atoms with van der Waals surface area (Å²) in [4.78, 5) is 22.1. The highest BCUT2D eigenvalue weighted by molar-refractivity contribution is 5.77. The van der Waals surface area contributed by atoms with Crippen molar-refractivity contribution in [3.05, 3.63) is 0 Å². The number of carboxylic acids is 1. The molecule has 0 aromatic heterocycles. The Morgan fingerprint density at radius 1 is 1.28 bits per heavy atom. The Labute approximate surface area is 108 Å². The van der Waals surface area contributed by atoms with E-state index in [0.717, 1.165) is 11.8 Å². The molecule has 0 aromatic carbocycles. The molecular formula is C14H23NO3. The quantitative estimate of drug-likeness (QED) is 0.762. The molecule has 2 aliphatic carbocycles. The summed E-state index contributed by atoms with van der Waals surface area (Å²) in [5.74, 6) is 1.53. The number of fused-ring (bicyclic) bond motifs is 2. The van der Waals surface area contributed by atoms with Gasteiger partial charge >= 0.3 is 5.97 Å². The SMILES string of the molecule is C[C@H](NC(=O)CCCC(=O)O)[C@H]1C[C@@H]2CC[C@@H]1C2. The van der Waals surface area contributed by atoms with Crippen LogP contribution in [0.1, 0.15) is 51.9 Å². The molecule has 2 N–H and O–H groups in total. The number of carboxylic acid groups (broad SMARTS) is 1. The molecule has 2 bridgehead atoms. The van der Waals surface area contributed by atoms with Crippen LogP contribution in [0.2, 0.25) is 0 Å². The Kier molecular flexibility index (Phi) is 4.25. The van der Waals surface area contributed by atoms with Crippen molar-refractivity contribution in [2.75, 3.05) is 0 Å². The number of aliphatic carboxylic acids is 1. The molecule has 4 heteroatoms. The molecule has 0 radical (unpaired) electrons. The van der Waals surface area contributed by atoms with Gasteiger partial charge in [0, 0.05) is 18.9 Å². The first-order valence-corrected chi connectivity index (χ1v) is 7.07. The number of carbonyl (C=O) groups is 2. The third-order valence-corrected chi connectivity index (χ3v) is 4.62. The monoisotopic (exact) mass is 253 g/mol. The first-order valence-electron chi connectivity index (χ1n) is 7.07. The van der Waals surface area contributed by atoms with Crippen molar-refractivity contribution in [3.63, 3.8) is 0 Å². The summed E-state index contributed by atoms with van der Waals surface area (Å²) in [6.07, 6.45) is 6.16. The number of amides is 1. The van der Waals surface area contributed by atoms with Gasteiger partial charge in [0.15, 0.2) is 0 Å². The zero-order valence-electron chi connectivity index (χ0n) is 11.0. The maximum absolute atomic E-state index is 11.7. The van der Waals surface area contributed by atoms with Gasteiger partial charge in [0.2, 0.25) is 5.91 Å². The smallest absolute Gasteiger partial charge is 0.303 e. The largest absolute Gasteiger partial charge is 0.481 e. The molecule has 0 aliphatic heterocycles. The standard InChI is InChI=1S/C14H23NO3/c1-9(12-8-10-5-6-11(12)7-10)15-13(16)3-2-4-14(17)18/h9-12H,2-8H2,1H3,(H,15,16)(H,17,18)/t9-,10+,11+,12+/m0/s1. The number of carbonyl (C=O) groups excluding carboxylic acids is 1. The van der Waals surface area contributed by atoms with Crippen LogP contribution in [0.4, 0.5) is 0 Å². The van der Waals surface area contributed by atoms with E-state index < -0.39 is 5.97 Å². The summed E-state index contributed by atoms with van der Waals surface area (Å²) in [5.41, 5.74) is 0. The van der Waals surface area contributed by atoms with Crippen molar-refractivity contribution < 1.29 is 14.7 Å². The highest BCUT2D eigenvalue weighted by Gasteiger charge is 2.41. The second kappa shape index (κ2) is 5.72. The van der Waals surface area contributed by atoms with Gasteiger partial charge in [0.1, 0.15) is 0 Å². The van der Waals surface area contributed by atoms with Gasteiger partial charge in [0.25, 0.3) is 0 Å². The normalized spacial score (nSPS) is 31.3. The van der Waals surface area contributed by atoms with Gasteiger partial charge in [-0.3, -0.25) is 9.59 Å². The van der Waals surface area contributed by atoms with Gasteiger partial charge in [-0.2, -0.15) is 0 Å². The highest BCUT2D eigenvalue weighted by atomic mass is 16.4. The van der Waals surface area contributed by atoms with E-state index in [2.05, 4.69) is 12.2 Å². The first-order chi connectivity index (χ1) is 8.56. The summed E-state index contributed by atoms with van der Waals surface area (Å²) >= 11 is 0. The molecule has 18 heavy (non-hydrogen) atoms. The zero-order chi connectivity index (χ0) is 13.1. The lowest BCUT2D eigenvalue weighted by molar-refractivity contribution is -0.137. The van der Waals surface area contributed by atoms with E-state index in [1.807, 2.05) is 0 Å². The maximum atomic E-state index is 11.7. The molecular weight excluding hydrogens is 230 g/mol. The van der Waals surface area contributed by atoms with Crippen molar-refractivity contribution in [3.8, 4) is 0 Å². The van der Waals surface area contributed by atoms with Crippen molar-refractivity contribution in [1.82, 2.24) is 5.32 Å². The molecule has 2 rings (SSSR count). The topological polar surface area (TPSA) is 66.4 Å². The lowest BCUT2D eigenvalue weighted by Gasteiger charge is -2.28. The van der Waals surface area contributed by atoms with Gasteiger partial charge in [-0.15, -0.1) is 0 Å². The number of hydrogen-bond donors (Lipinski definition) is 2. The summed E-state index contributed by atoms with van der Waals surface area (Å²) < 4.78 is 0. The van der Waals surface area contributed by atoms with Crippen LogP contribution in [0.15, 0.2) is 0 Å². The van der Waals surface area contributed by atoms with Gasteiger partial charge in [-0.05, 0) is 50.4 Å². The average Bonchev–Trinajstić information content (AvgIpc) is 2.89. The van der Waals surface area contributed by atoms with E-state index in [-0.39, 0.29) is 18.4 Å². The van der Waals surface area contributed by atoms with Crippen molar-refractivity contribution in [1.29, 1.82) is 0 Å². The van der Waals surface area contributed by atoms with E-state index in [4.69, 9.17) is 5.11 Å². The van der Waals surface area contributed by atoms with Crippen molar-refractivity contribution in [2.24, 2.45) is 17.8 Å². The van der Waals surface area contributed by atoms with Gasteiger partial charge < -0.3 is 10.4 Å². The minimum atomic E-state index is -0.830. The lowest BCUT2D eigenvalue weighted by Crippen LogP contribution is -2.40. The number of rotatable bonds is 6.